The van der Waals surface area contributed by atoms with Crippen molar-refractivity contribution in [1.29, 1.82) is 0 Å². The zero-order chi connectivity index (χ0) is 48.6. The predicted octanol–water partition coefficient (Wildman–Crippen LogP) is 9.32. The highest BCUT2D eigenvalue weighted by atomic mass is 16.7. The Morgan fingerprint density at radius 2 is 1.16 bits per heavy atom. The molecule has 1 fully saturated rings. The number of aliphatic hydroxyl groups is 5. The van der Waals surface area contributed by atoms with E-state index in [2.05, 4.69) is 29.7 Å². The van der Waals surface area contributed by atoms with Crippen LogP contribution in [0.5, 0.6) is 0 Å². The molecule has 1 heterocycles. The molecule has 1 aliphatic heterocycles. The average Bonchev–Trinajstić information content (AvgIpc) is 3.36. The molecule has 68 heavy (non-hydrogen) atoms. The molecule has 0 aromatic heterocycles. The number of carbonyl (C=O) groups excluding carboxylic acids is 2. The molecule has 0 bridgehead atoms. The third-order valence-corrected chi connectivity index (χ3v) is 13.2. The van der Waals surface area contributed by atoms with Crippen LogP contribution in [0.15, 0.2) is 84.9 Å². The van der Waals surface area contributed by atoms with Crippen molar-refractivity contribution in [1.82, 2.24) is 10.6 Å². The Kier molecular flexibility index (Phi) is 28.9. The fraction of sp³-hybridized carbons (Fsp3) is 0.643. The minimum Gasteiger partial charge on any atom is -0.394 e. The monoisotopic (exact) mass is 947 g/mol. The first-order valence-electron chi connectivity index (χ1n) is 26.2. The molecule has 3 aromatic rings. The van der Waals surface area contributed by atoms with Gasteiger partial charge in [-0.3, -0.25) is 9.59 Å². The van der Waals surface area contributed by atoms with Crippen molar-refractivity contribution in [2.24, 2.45) is 0 Å². The minimum absolute atomic E-state index is 0.0477. The molecule has 3 aromatic carbocycles. The van der Waals surface area contributed by atoms with Gasteiger partial charge in [-0.25, -0.2) is 0 Å². The van der Waals surface area contributed by atoms with Crippen molar-refractivity contribution in [3.05, 3.63) is 96.1 Å². The lowest BCUT2D eigenvalue weighted by Crippen LogP contribution is -2.60. The number of carbonyl (C=O) groups is 2. The zero-order valence-corrected chi connectivity index (χ0v) is 41.1. The molecule has 12 heteroatoms. The van der Waals surface area contributed by atoms with Gasteiger partial charge in [0.15, 0.2) is 6.29 Å². The number of unbranched alkanes of at least 4 members (excludes halogenated alkanes) is 19. The Hall–Kier alpha value is -3.72. The lowest BCUT2D eigenvalue weighted by molar-refractivity contribution is -0.303. The summed E-state index contributed by atoms with van der Waals surface area (Å²) < 4.78 is 17.9. The van der Waals surface area contributed by atoms with Crippen LogP contribution < -0.4 is 10.6 Å². The molecule has 0 radical (unpaired) electrons. The second-order valence-electron chi connectivity index (χ2n) is 18.8. The summed E-state index contributed by atoms with van der Waals surface area (Å²) in [5.74, 6) is -0.289. The van der Waals surface area contributed by atoms with E-state index < -0.39 is 55.6 Å². The van der Waals surface area contributed by atoms with Crippen LogP contribution in [0.3, 0.4) is 0 Å². The molecular weight excluding hydrogens is 861 g/mol. The first-order chi connectivity index (χ1) is 33.2. The van der Waals surface area contributed by atoms with E-state index in [-0.39, 0.29) is 31.4 Å². The molecule has 4 rings (SSSR count). The lowest BCUT2D eigenvalue weighted by Gasteiger charge is -2.40. The fourth-order valence-corrected chi connectivity index (χ4v) is 8.88. The molecule has 0 spiro atoms. The Bertz CT molecular complexity index is 1730. The number of benzene rings is 3. The lowest BCUT2D eigenvalue weighted by atomic mass is 9.98. The first-order valence-corrected chi connectivity index (χ1v) is 26.2. The SMILES string of the molecule is CCCCCCCCCCCCCC[C@@H](OCc1ccccc1)[C@@H](O)[C@H](CO[C@H]1OC(CO)[C@H](O)[C@H](O)C1O)NC(=O)CCCCCCCCCCCNC(=O)c1ccc(-c2ccccc2)cc1. The van der Waals surface area contributed by atoms with Crippen molar-refractivity contribution in [3.63, 3.8) is 0 Å². The van der Waals surface area contributed by atoms with E-state index in [1.807, 2.05) is 72.8 Å². The molecule has 2 unspecified atom stereocenters. The van der Waals surface area contributed by atoms with E-state index in [0.29, 0.717) is 24.9 Å². The summed E-state index contributed by atoms with van der Waals surface area (Å²) >= 11 is 0. The quantitative estimate of drug-likeness (QED) is 0.0275. The topological polar surface area (TPSA) is 187 Å². The maximum atomic E-state index is 13.5. The van der Waals surface area contributed by atoms with Crippen molar-refractivity contribution in [2.45, 2.75) is 210 Å². The Morgan fingerprint density at radius 3 is 1.75 bits per heavy atom. The summed E-state index contributed by atoms with van der Waals surface area (Å²) in [6.45, 7) is 2.30. The van der Waals surface area contributed by atoms with Crippen LogP contribution in [0.1, 0.15) is 171 Å². The summed E-state index contributed by atoms with van der Waals surface area (Å²) in [4.78, 5) is 26.1. The van der Waals surface area contributed by atoms with E-state index in [1.54, 1.807) is 0 Å². The summed E-state index contributed by atoms with van der Waals surface area (Å²) in [7, 11) is 0. The van der Waals surface area contributed by atoms with E-state index in [9.17, 15) is 35.1 Å². The number of rotatable bonds is 37. The summed E-state index contributed by atoms with van der Waals surface area (Å²) in [6.07, 6.45) is 15.1. The third-order valence-electron chi connectivity index (χ3n) is 13.2. The van der Waals surface area contributed by atoms with E-state index in [0.717, 1.165) is 87.3 Å². The van der Waals surface area contributed by atoms with Crippen molar-refractivity contribution in [2.75, 3.05) is 19.8 Å². The second-order valence-corrected chi connectivity index (χ2v) is 18.8. The smallest absolute Gasteiger partial charge is 0.251 e. The van der Waals surface area contributed by atoms with Crippen molar-refractivity contribution < 1.29 is 49.3 Å². The van der Waals surface area contributed by atoms with Crippen LogP contribution >= 0.6 is 0 Å². The average molecular weight is 947 g/mol. The van der Waals surface area contributed by atoms with Gasteiger partial charge >= 0.3 is 0 Å². The molecule has 1 saturated heterocycles. The maximum absolute atomic E-state index is 13.5. The number of hydrogen-bond acceptors (Lipinski definition) is 10. The molecule has 0 aliphatic carbocycles. The van der Waals surface area contributed by atoms with Gasteiger partial charge in [-0.05, 0) is 48.1 Å². The van der Waals surface area contributed by atoms with Gasteiger partial charge in [0.2, 0.25) is 5.91 Å². The number of nitrogens with one attached hydrogen (secondary N) is 2. The van der Waals surface area contributed by atoms with Gasteiger partial charge in [-0.2, -0.15) is 0 Å². The second kappa shape index (κ2) is 34.6. The Morgan fingerprint density at radius 1 is 0.632 bits per heavy atom. The van der Waals surface area contributed by atoms with E-state index >= 15 is 0 Å². The van der Waals surface area contributed by atoms with Crippen LogP contribution in [0.25, 0.3) is 11.1 Å². The highest BCUT2D eigenvalue weighted by Crippen LogP contribution is 2.24. The standard InChI is InChI=1S/C56H86N2O10/c1-2-3-4-5-6-7-8-9-11-14-17-26-33-48(66-41-43-29-22-20-23-30-43)51(61)47(42-67-56-54(64)53(63)52(62)49(40-59)68-56)58-50(60)34-27-18-15-12-10-13-16-19-28-39-57-55(65)46-37-35-45(36-38-46)44-31-24-21-25-32-44/h20-25,29-32,35-38,47-49,51-54,56,59,61-64H,2-19,26-28,33-34,39-42H2,1H3,(H,57,65)(H,58,60)/t47-,48+,49?,51-,52-,53-,54?,56-/m0/s1. The molecule has 1 aliphatic rings. The molecule has 12 nitrogen and oxygen atoms in total. The van der Waals surface area contributed by atoms with Crippen LogP contribution in [0, 0.1) is 0 Å². The molecule has 380 valence electrons. The summed E-state index contributed by atoms with van der Waals surface area (Å²) in [6, 6.07) is 26.6. The number of amides is 2. The van der Waals surface area contributed by atoms with Crippen LogP contribution in [0.4, 0.5) is 0 Å². The largest absolute Gasteiger partial charge is 0.394 e. The maximum Gasteiger partial charge on any atom is 0.251 e. The van der Waals surface area contributed by atoms with Gasteiger partial charge in [-0.1, -0.05) is 202 Å². The van der Waals surface area contributed by atoms with Crippen molar-refractivity contribution in [3.8, 4) is 11.1 Å². The molecule has 8 atom stereocenters. The third kappa shape index (κ3) is 21.9. The van der Waals surface area contributed by atoms with Gasteiger partial charge in [0, 0.05) is 18.5 Å². The number of aliphatic hydroxyl groups excluding tert-OH is 5. The molecule has 7 N–H and O–H groups in total. The van der Waals surface area contributed by atoms with Gasteiger partial charge in [-0.15, -0.1) is 0 Å². The summed E-state index contributed by atoms with van der Waals surface area (Å²) in [5.41, 5.74) is 3.84. The van der Waals surface area contributed by atoms with Gasteiger partial charge in [0.1, 0.15) is 30.5 Å². The molecular formula is C56H86N2O10. The predicted molar refractivity (Wildman–Crippen MR) is 269 cm³/mol. The van der Waals surface area contributed by atoms with Crippen LogP contribution in [-0.2, 0) is 25.6 Å². The van der Waals surface area contributed by atoms with E-state index in [1.165, 1.54) is 57.8 Å². The molecule has 2 amide bonds. The fourth-order valence-electron chi connectivity index (χ4n) is 8.88. The van der Waals surface area contributed by atoms with E-state index in [4.69, 9.17) is 14.2 Å². The number of ether oxygens (including phenoxy) is 3. The summed E-state index contributed by atoms with van der Waals surface area (Å²) in [5, 5.41) is 59.1. The zero-order valence-electron chi connectivity index (χ0n) is 41.1. The van der Waals surface area contributed by atoms with Crippen LogP contribution in [0.2, 0.25) is 0 Å². The van der Waals surface area contributed by atoms with Gasteiger partial charge in [0.25, 0.3) is 5.91 Å². The number of hydrogen-bond donors (Lipinski definition) is 7. The Balaban J connectivity index is 1.18. The van der Waals surface area contributed by atoms with Gasteiger partial charge < -0.3 is 50.4 Å². The van der Waals surface area contributed by atoms with Crippen molar-refractivity contribution >= 4 is 11.8 Å². The highest BCUT2D eigenvalue weighted by Gasteiger charge is 2.44. The van der Waals surface area contributed by atoms with Gasteiger partial charge in [0.05, 0.1) is 32.0 Å². The first kappa shape index (κ1) is 56.9. The normalized spacial score (nSPS) is 19.6. The van der Waals surface area contributed by atoms with Crippen LogP contribution in [-0.4, -0.2) is 106 Å². The molecule has 0 saturated carbocycles. The Labute approximate surface area is 407 Å². The highest BCUT2D eigenvalue weighted by molar-refractivity contribution is 5.94. The minimum atomic E-state index is -1.62.